The minimum atomic E-state index is -0.779. The number of carbonyl (C=O) groups is 2. The van der Waals surface area contributed by atoms with E-state index in [4.69, 9.17) is 21.1 Å². The smallest absolute Gasteiger partial charge is 0.414 e. The molecule has 0 bridgehead atoms. The minimum Gasteiger partial charge on any atom is -0.444 e. The van der Waals surface area contributed by atoms with Crippen molar-refractivity contribution in [1.82, 2.24) is 15.3 Å². The van der Waals surface area contributed by atoms with Crippen LogP contribution in [-0.4, -0.2) is 59.5 Å². The first-order chi connectivity index (χ1) is 19.0. The average Bonchev–Trinajstić information content (AvgIpc) is 3.15. The van der Waals surface area contributed by atoms with Gasteiger partial charge in [-0.25, -0.2) is 19.0 Å². The van der Waals surface area contributed by atoms with Gasteiger partial charge in [0.2, 0.25) is 0 Å². The van der Waals surface area contributed by atoms with Gasteiger partial charge >= 0.3 is 12.2 Å². The molecule has 5 rings (SSSR count). The van der Waals surface area contributed by atoms with Crippen LogP contribution in [0.15, 0.2) is 12.3 Å². The van der Waals surface area contributed by atoms with Crippen molar-refractivity contribution in [1.29, 1.82) is 5.26 Å². The summed E-state index contributed by atoms with van der Waals surface area (Å²) in [5, 5.41) is 14.1. The number of nitrogens with zero attached hydrogens (tertiary/aromatic N) is 4. The van der Waals surface area contributed by atoms with E-state index in [1.807, 2.05) is 26.8 Å². The van der Waals surface area contributed by atoms with E-state index < -0.39 is 29.2 Å². The van der Waals surface area contributed by atoms with Gasteiger partial charge in [0, 0.05) is 43.0 Å². The lowest BCUT2D eigenvalue weighted by atomic mass is 10.0. The van der Waals surface area contributed by atoms with E-state index in [0.717, 1.165) is 18.9 Å². The van der Waals surface area contributed by atoms with Gasteiger partial charge in [-0.2, -0.15) is 5.26 Å². The standard InChI is InChI=1S/C29H34ClFN6O4/c1-27(2,3)40-25(38)34-19-11-29(19)8-9-37(14-29)23-16(30)13-33-24-21(23)20-15(12-32)17(31)10-18(22(20)35-24)36(7)26(39)41-28(4,5)6/h10,13,19H,8-9,11,14H2,1-7H3,(H,33,35)(H,34,38)/t19-,29+/m0/s1. The third-order valence-electron chi connectivity index (χ3n) is 7.48. The molecule has 1 saturated heterocycles. The molecule has 2 N–H and O–H groups in total. The van der Waals surface area contributed by atoms with Crippen molar-refractivity contribution in [2.75, 3.05) is 29.9 Å². The summed E-state index contributed by atoms with van der Waals surface area (Å²) >= 11 is 6.74. The van der Waals surface area contributed by atoms with Crippen LogP contribution in [0.3, 0.4) is 0 Å². The molecule has 2 fully saturated rings. The number of anilines is 2. The predicted molar refractivity (Wildman–Crippen MR) is 155 cm³/mol. The first-order valence-electron chi connectivity index (χ1n) is 13.5. The Morgan fingerprint density at radius 3 is 2.56 bits per heavy atom. The Morgan fingerprint density at radius 1 is 1.24 bits per heavy atom. The molecule has 2 amide bonds. The summed E-state index contributed by atoms with van der Waals surface area (Å²) in [7, 11) is 1.48. The van der Waals surface area contributed by atoms with Gasteiger partial charge < -0.3 is 24.7 Å². The molecule has 1 spiro atoms. The summed E-state index contributed by atoms with van der Waals surface area (Å²) in [6, 6.07) is 3.09. The number of fused-ring (bicyclic) bond motifs is 3. The quantitative estimate of drug-likeness (QED) is 0.373. The molecule has 3 aromatic rings. The highest BCUT2D eigenvalue weighted by molar-refractivity contribution is 6.36. The molecule has 3 heterocycles. The number of hydrogen-bond acceptors (Lipinski definition) is 7. The molecule has 218 valence electrons. The largest absolute Gasteiger partial charge is 0.444 e. The Hall–Kier alpha value is -3.78. The van der Waals surface area contributed by atoms with Gasteiger partial charge in [0.25, 0.3) is 0 Å². The first kappa shape index (κ1) is 28.7. The third-order valence-corrected chi connectivity index (χ3v) is 7.76. The second-order valence-corrected chi connectivity index (χ2v) is 13.3. The molecule has 2 aromatic heterocycles. The van der Waals surface area contributed by atoms with E-state index in [-0.39, 0.29) is 28.1 Å². The first-order valence-corrected chi connectivity index (χ1v) is 13.8. The average molecular weight is 585 g/mol. The zero-order chi connectivity index (χ0) is 30.1. The number of amides is 2. The maximum absolute atomic E-state index is 15.4. The Bertz CT molecular complexity index is 1620. The van der Waals surface area contributed by atoms with Crippen molar-refractivity contribution in [2.45, 2.75) is 71.6 Å². The summed E-state index contributed by atoms with van der Waals surface area (Å²) in [6.07, 6.45) is 2.00. The van der Waals surface area contributed by atoms with Crippen LogP contribution >= 0.6 is 11.6 Å². The summed E-state index contributed by atoms with van der Waals surface area (Å²) < 4.78 is 26.4. The van der Waals surface area contributed by atoms with Crippen molar-refractivity contribution in [3.8, 4) is 6.07 Å². The number of benzene rings is 1. The third kappa shape index (κ3) is 5.33. The number of halogens is 2. The van der Waals surface area contributed by atoms with Gasteiger partial charge in [0.15, 0.2) is 0 Å². The maximum atomic E-state index is 15.4. The number of alkyl carbamates (subject to hydrolysis) is 1. The fraction of sp³-hybridized carbons (Fsp3) is 0.517. The zero-order valence-electron chi connectivity index (χ0n) is 24.2. The molecular formula is C29H34ClFN6O4. The van der Waals surface area contributed by atoms with Crippen molar-refractivity contribution in [3.05, 3.63) is 28.7 Å². The van der Waals surface area contributed by atoms with Crippen molar-refractivity contribution >= 4 is 57.1 Å². The fourth-order valence-corrected chi connectivity index (χ4v) is 5.86. The number of aromatic nitrogens is 2. The molecule has 1 aliphatic carbocycles. The molecule has 2 atom stereocenters. The van der Waals surface area contributed by atoms with Crippen LogP contribution in [0.4, 0.5) is 25.4 Å². The van der Waals surface area contributed by atoms with Crippen LogP contribution < -0.4 is 15.1 Å². The highest BCUT2D eigenvalue weighted by Gasteiger charge is 2.58. The highest BCUT2D eigenvalue weighted by atomic mass is 35.5. The van der Waals surface area contributed by atoms with Crippen LogP contribution in [0.1, 0.15) is 59.9 Å². The topological polar surface area (TPSA) is 124 Å². The molecule has 1 aromatic carbocycles. The molecule has 1 aliphatic heterocycles. The second-order valence-electron chi connectivity index (χ2n) is 12.9. The van der Waals surface area contributed by atoms with Crippen LogP contribution in [-0.2, 0) is 9.47 Å². The van der Waals surface area contributed by atoms with Gasteiger partial charge in [-0.1, -0.05) is 11.6 Å². The SMILES string of the molecule is CN(C(=O)OC(C)(C)C)c1cc(F)c(C#N)c2c1[nH]c1ncc(Cl)c(N3CC[C@@]4(C[C@@H]4NC(=O)OC(C)(C)C)C3)c12. The molecule has 10 nitrogen and oxygen atoms in total. The normalized spacial score (nSPS) is 20.4. The summed E-state index contributed by atoms with van der Waals surface area (Å²) in [4.78, 5) is 36.2. The molecular weight excluding hydrogens is 551 g/mol. The number of nitrogens with one attached hydrogen (secondary N) is 2. The number of pyridine rings is 1. The highest BCUT2D eigenvalue weighted by Crippen LogP contribution is 2.55. The van der Waals surface area contributed by atoms with Crippen LogP contribution in [0.5, 0.6) is 0 Å². The van der Waals surface area contributed by atoms with Gasteiger partial charge in [0.05, 0.1) is 39.1 Å². The Balaban J connectivity index is 1.55. The van der Waals surface area contributed by atoms with Crippen molar-refractivity contribution < 1.29 is 23.5 Å². The van der Waals surface area contributed by atoms with Crippen molar-refractivity contribution in [3.63, 3.8) is 0 Å². The van der Waals surface area contributed by atoms with E-state index >= 15 is 4.39 Å². The number of H-pyrrole nitrogens is 1. The zero-order valence-corrected chi connectivity index (χ0v) is 25.0. The molecule has 1 saturated carbocycles. The van der Waals surface area contributed by atoms with E-state index in [1.54, 1.807) is 20.8 Å². The molecule has 0 unspecified atom stereocenters. The van der Waals surface area contributed by atoms with E-state index in [2.05, 4.69) is 20.2 Å². The maximum Gasteiger partial charge on any atom is 0.414 e. The number of rotatable bonds is 3. The number of aromatic amines is 1. The van der Waals surface area contributed by atoms with E-state index in [1.165, 1.54) is 18.1 Å². The minimum absolute atomic E-state index is 0.0392. The lowest BCUT2D eigenvalue weighted by molar-refractivity contribution is 0.0515. The number of nitriles is 1. The number of carbonyl (C=O) groups excluding carboxylic acids is 2. The molecule has 12 heteroatoms. The Morgan fingerprint density at radius 2 is 1.93 bits per heavy atom. The monoisotopic (exact) mass is 584 g/mol. The summed E-state index contributed by atoms with van der Waals surface area (Å²) in [5.41, 5.74) is -0.0848. The van der Waals surface area contributed by atoms with Crippen LogP contribution in [0, 0.1) is 22.6 Å². The van der Waals surface area contributed by atoms with Gasteiger partial charge in [0.1, 0.15) is 28.7 Å². The molecule has 41 heavy (non-hydrogen) atoms. The lowest BCUT2D eigenvalue weighted by Gasteiger charge is -2.25. The van der Waals surface area contributed by atoms with Crippen LogP contribution in [0.2, 0.25) is 5.02 Å². The van der Waals surface area contributed by atoms with E-state index in [0.29, 0.717) is 40.3 Å². The molecule has 0 radical (unpaired) electrons. The van der Waals surface area contributed by atoms with Crippen molar-refractivity contribution in [2.24, 2.45) is 5.41 Å². The summed E-state index contributed by atoms with van der Waals surface area (Å²) in [5.74, 6) is -0.779. The van der Waals surface area contributed by atoms with Crippen LogP contribution in [0.25, 0.3) is 21.9 Å². The van der Waals surface area contributed by atoms with Gasteiger partial charge in [-0.05, 0) is 54.4 Å². The van der Waals surface area contributed by atoms with Gasteiger partial charge in [-0.15, -0.1) is 0 Å². The Kier molecular flexibility index (Phi) is 6.77. The van der Waals surface area contributed by atoms with Gasteiger partial charge in [-0.3, -0.25) is 4.90 Å². The fourth-order valence-electron chi connectivity index (χ4n) is 5.59. The summed E-state index contributed by atoms with van der Waals surface area (Å²) in [6.45, 7) is 11.9. The number of ether oxygens (including phenoxy) is 2. The van der Waals surface area contributed by atoms with E-state index in [9.17, 15) is 14.9 Å². The number of hydrogen-bond donors (Lipinski definition) is 2. The second kappa shape index (κ2) is 9.65. The molecule has 2 aliphatic rings. The lowest BCUT2D eigenvalue weighted by Crippen LogP contribution is -2.36. The predicted octanol–water partition coefficient (Wildman–Crippen LogP) is 6.25. The Labute approximate surface area is 242 Å².